The SMILES string of the molecule is CC\C=C/C=C\C=C/C=C\CCCCCC(=O)OC(COC(=O)CCCCCCC\C=C/C=C\C=C/C=C\CCCCC)COC(=O)CCCCCCCCCCCC. The zero-order valence-corrected chi connectivity index (χ0v) is 38.0. The van der Waals surface area contributed by atoms with Gasteiger partial charge in [0, 0.05) is 19.3 Å². The van der Waals surface area contributed by atoms with Crippen molar-refractivity contribution in [1.29, 1.82) is 0 Å². The molecule has 1 unspecified atom stereocenters. The number of unbranched alkanes of at least 4 members (excludes halogenated alkanes) is 20. The molecule has 0 aliphatic carbocycles. The van der Waals surface area contributed by atoms with Crippen molar-refractivity contribution < 1.29 is 28.6 Å². The molecule has 0 aromatic heterocycles. The maximum atomic E-state index is 12.7. The van der Waals surface area contributed by atoms with Crippen molar-refractivity contribution in [2.24, 2.45) is 0 Å². The van der Waals surface area contributed by atoms with Gasteiger partial charge < -0.3 is 14.2 Å². The van der Waals surface area contributed by atoms with Crippen LogP contribution in [0.4, 0.5) is 0 Å². The minimum absolute atomic E-state index is 0.102. The summed E-state index contributed by atoms with van der Waals surface area (Å²) >= 11 is 0. The highest BCUT2D eigenvalue weighted by molar-refractivity contribution is 5.71. The van der Waals surface area contributed by atoms with E-state index in [9.17, 15) is 14.4 Å². The van der Waals surface area contributed by atoms with Gasteiger partial charge in [0.1, 0.15) is 13.2 Å². The molecular formula is C53H86O6. The maximum Gasteiger partial charge on any atom is 0.306 e. The quantitative estimate of drug-likeness (QED) is 0.0265. The average Bonchev–Trinajstić information content (AvgIpc) is 3.23. The van der Waals surface area contributed by atoms with E-state index in [1.807, 2.05) is 36.5 Å². The fraction of sp³-hybridized carbons (Fsp3) is 0.642. The molecule has 0 heterocycles. The second kappa shape index (κ2) is 47.0. The van der Waals surface area contributed by atoms with Crippen LogP contribution in [0.5, 0.6) is 0 Å². The molecule has 0 fully saturated rings. The fourth-order valence-electron chi connectivity index (χ4n) is 6.17. The van der Waals surface area contributed by atoms with Crippen LogP contribution in [-0.4, -0.2) is 37.2 Å². The molecule has 6 nitrogen and oxygen atoms in total. The molecule has 0 saturated heterocycles. The summed E-state index contributed by atoms with van der Waals surface area (Å²) in [5.74, 6) is -0.974. The Labute approximate surface area is 362 Å². The first kappa shape index (κ1) is 55.3. The van der Waals surface area contributed by atoms with Crippen LogP contribution in [0.1, 0.15) is 201 Å². The number of esters is 3. The largest absolute Gasteiger partial charge is 0.462 e. The molecule has 0 rings (SSSR count). The molecule has 0 spiro atoms. The van der Waals surface area contributed by atoms with E-state index in [0.717, 1.165) is 89.9 Å². The van der Waals surface area contributed by atoms with E-state index >= 15 is 0 Å². The molecule has 0 aromatic carbocycles. The van der Waals surface area contributed by atoms with Gasteiger partial charge in [0.25, 0.3) is 0 Å². The van der Waals surface area contributed by atoms with E-state index in [4.69, 9.17) is 14.2 Å². The van der Waals surface area contributed by atoms with Gasteiger partial charge in [-0.15, -0.1) is 0 Å². The van der Waals surface area contributed by atoms with Crippen molar-refractivity contribution in [3.63, 3.8) is 0 Å². The van der Waals surface area contributed by atoms with E-state index in [-0.39, 0.29) is 37.5 Å². The lowest BCUT2D eigenvalue weighted by Crippen LogP contribution is -2.30. The molecule has 0 aromatic rings. The van der Waals surface area contributed by atoms with Crippen molar-refractivity contribution in [2.45, 2.75) is 207 Å². The van der Waals surface area contributed by atoms with Crippen molar-refractivity contribution in [1.82, 2.24) is 0 Å². The van der Waals surface area contributed by atoms with Crippen LogP contribution in [0, 0.1) is 0 Å². The highest BCUT2D eigenvalue weighted by Gasteiger charge is 2.19. The van der Waals surface area contributed by atoms with E-state index < -0.39 is 6.10 Å². The Morgan fingerprint density at radius 1 is 0.356 bits per heavy atom. The average molecular weight is 819 g/mol. The Bertz CT molecular complexity index is 1220. The topological polar surface area (TPSA) is 78.9 Å². The Morgan fingerprint density at radius 2 is 0.661 bits per heavy atom. The van der Waals surface area contributed by atoms with E-state index in [1.54, 1.807) is 0 Å². The van der Waals surface area contributed by atoms with Gasteiger partial charge in [-0.3, -0.25) is 14.4 Å². The number of allylic oxidation sites excluding steroid dienone is 16. The van der Waals surface area contributed by atoms with Gasteiger partial charge in [-0.1, -0.05) is 214 Å². The Morgan fingerprint density at radius 3 is 1.08 bits per heavy atom. The van der Waals surface area contributed by atoms with Crippen molar-refractivity contribution >= 4 is 17.9 Å². The number of hydrogen-bond donors (Lipinski definition) is 0. The third kappa shape index (κ3) is 45.3. The first-order valence-corrected chi connectivity index (χ1v) is 23.8. The first-order chi connectivity index (χ1) is 29.0. The van der Waals surface area contributed by atoms with Crippen LogP contribution in [0.2, 0.25) is 0 Å². The highest BCUT2D eigenvalue weighted by atomic mass is 16.6. The molecule has 0 aliphatic heterocycles. The van der Waals surface area contributed by atoms with Gasteiger partial charge in [0.15, 0.2) is 6.10 Å². The van der Waals surface area contributed by atoms with Crippen LogP contribution in [0.3, 0.4) is 0 Å². The van der Waals surface area contributed by atoms with Gasteiger partial charge in [0.05, 0.1) is 0 Å². The minimum Gasteiger partial charge on any atom is -0.462 e. The molecule has 0 aliphatic rings. The maximum absolute atomic E-state index is 12.7. The molecule has 0 amide bonds. The summed E-state index contributed by atoms with van der Waals surface area (Å²) in [5.41, 5.74) is 0. The molecular weight excluding hydrogens is 733 g/mol. The molecule has 59 heavy (non-hydrogen) atoms. The summed E-state index contributed by atoms with van der Waals surface area (Å²) in [6.45, 7) is 6.37. The van der Waals surface area contributed by atoms with Gasteiger partial charge in [-0.05, 0) is 64.2 Å². The van der Waals surface area contributed by atoms with Crippen LogP contribution in [-0.2, 0) is 28.6 Å². The number of hydrogen-bond acceptors (Lipinski definition) is 6. The monoisotopic (exact) mass is 819 g/mol. The smallest absolute Gasteiger partial charge is 0.306 e. The third-order valence-corrected chi connectivity index (χ3v) is 9.76. The van der Waals surface area contributed by atoms with E-state index in [1.165, 1.54) is 64.2 Å². The second-order valence-electron chi connectivity index (χ2n) is 15.5. The summed E-state index contributed by atoms with van der Waals surface area (Å²) in [5, 5.41) is 0. The summed E-state index contributed by atoms with van der Waals surface area (Å²) in [6, 6.07) is 0. The summed E-state index contributed by atoms with van der Waals surface area (Å²) < 4.78 is 16.7. The van der Waals surface area contributed by atoms with Crippen LogP contribution in [0.15, 0.2) is 97.2 Å². The first-order valence-electron chi connectivity index (χ1n) is 23.8. The van der Waals surface area contributed by atoms with Crippen LogP contribution in [0.25, 0.3) is 0 Å². The van der Waals surface area contributed by atoms with Crippen molar-refractivity contribution in [2.75, 3.05) is 13.2 Å². The Kier molecular flexibility index (Phi) is 44.1. The van der Waals surface area contributed by atoms with Crippen LogP contribution < -0.4 is 0 Å². The lowest BCUT2D eigenvalue weighted by atomic mass is 10.1. The summed E-state index contributed by atoms with van der Waals surface area (Å²) in [7, 11) is 0. The number of carbonyl (C=O) groups is 3. The van der Waals surface area contributed by atoms with Gasteiger partial charge in [-0.2, -0.15) is 0 Å². The highest BCUT2D eigenvalue weighted by Crippen LogP contribution is 2.13. The summed E-state index contributed by atoms with van der Waals surface area (Å²) in [4.78, 5) is 37.8. The van der Waals surface area contributed by atoms with Crippen molar-refractivity contribution in [3.05, 3.63) is 97.2 Å². The number of rotatable bonds is 41. The van der Waals surface area contributed by atoms with Gasteiger partial charge in [-0.25, -0.2) is 0 Å². The van der Waals surface area contributed by atoms with Crippen molar-refractivity contribution in [3.8, 4) is 0 Å². The van der Waals surface area contributed by atoms with Crippen LogP contribution >= 0.6 is 0 Å². The molecule has 0 N–H and O–H groups in total. The zero-order chi connectivity index (χ0) is 43.0. The van der Waals surface area contributed by atoms with Gasteiger partial charge in [0.2, 0.25) is 0 Å². The molecule has 1 atom stereocenters. The Balaban J connectivity index is 4.48. The fourth-order valence-corrected chi connectivity index (χ4v) is 6.17. The zero-order valence-electron chi connectivity index (χ0n) is 38.0. The second-order valence-corrected chi connectivity index (χ2v) is 15.5. The lowest BCUT2D eigenvalue weighted by molar-refractivity contribution is -0.167. The number of ether oxygens (including phenoxy) is 3. The molecule has 334 valence electrons. The molecule has 0 bridgehead atoms. The predicted octanol–water partition coefficient (Wildman–Crippen LogP) is 15.4. The van der Waals surface area contributed by atoms with E-state index in [2.05, 4.69) is 81.5 Å². The predicted molar refractivity (Wildman–Crippen MR) is 251 cm³/mol. The third-order valence-electron chi connectivity index (χ3n) is 9.76. The Hall–Kier alpha value is -3.67. The number of carbonyl (C=O) groups excluding carboxylic acids is 3. The molecule has 6 heteroatoms. The van der Waals surface area contributed by atoms with Gasteiger partial charge >= 0.3 is 17.9 Å². The normalized spacial score (nSPS) is 12.9. The summed E-state index contributed by atoms with van der Waals surface area (Å²) in [6.07, 6.45) is 61.0. The standard InChI is InChI=1S/C53H86O6/c1-4-7-10-13-16-19-22-24-25-26-27-28-30-31-34-37-40-43-46-52(55)58-49-50(48-57-51(54)45-42-39-36-33-21-18-15-12-9-6-3)59-53(56)47-44-41-38-35-32-29-23-20-17-14-11-8-5-2/h8,11,14,16-17,19-20,22-29,32,50H,4-7,9-10,12-13,15,18,21,30-31,33-49H2,1-3H3/b11-8-,17-14-,19-16-,23-20-,24-22-,26-25-,28-27-,32-29-. The molecule has 0 saturated carbocycles. The molecule has 0 radical (unpaired) electrons. The lowest BCUT2D eigenvalue weighted by Gasteiger charge is -2.18. The van der Waals surface area contributed by atoms with E-state index in [0.29, 0.717) is 19.3 Å². The minimum atomic E-state index is -0.805.